The minimum absolute atomic E-state index is 0.0263. The topological polar surface area (TPSA) is 82.1 Å². The van der Waals surface area contributed by atoms with Crippen LogP contribution in [0.3, 0.4) is 0 Å². The summed E-state index contributed by atoms with van der Waals surface area (Å²) in [5.74, 6) is 1.58. The molecular formula is C18H28N6O3. The number of anilines is 2. The quantitative estimate of drug-likeness (QED) is 0.744. The van der Waals surface area contributed by atoms with E-state index < -0.39 is 6.09 Å². The number of cyclic esters (lactones) is 1. The molecule has 0 spiro atoms. The maximum Gasteiger partial charge on any atom is 0.410 e. The van der Waals surface area contributed by atoms with E-state index in [1.54, 1.807) is 0 Å². The lowest BCUT2D eigenvalue weighted by atomic mass is 10.3. The number of ether oxygens (including phenoxy) is 1. The van der Waals surface area contributed by atoms with Crippen LogP contribution < -0.4 is 9.80 Å². The molecule has 3 rings (SSSR count). The van der Waals surface area contributed by atoms with Gasteiger partial charge in [0, 0.05) is 52.0 Å². The summed E-state index contributed by atoms with van der Waals surface area (Å²) in [4.78, 5) is 40.8. The van der Waals surface area contributed by atoms with E-state index in [1.165, 1.54) is 4.90 Å². The molecule has 2 amide bonds. The number of rotatable bonds is 5. The average molecular weight is 376 g/mol. The molecule has 0 atom stereocenters. The van der Waals surface area contributed by atoms with Gasteiger partial charge in [-0.3, -0.25) is 9.69 Å². The van der Waals surface area contributed by atoms with Crippen LogP contribution in [0.25, 0.3) is 0 Å². The Hall–Kier alpha value is -2.58. The molecule has 3 heterocycles. The van der Waals surface area contributed by atoms with Crippen molar-refractivity contribution in [1.82, 2.24) is 19.8 Å². The summed E-state index contributed by atoms with van der Waals surface area (Å²) in [5.41, 5.74) is 1.01. The van der Waals surface area contributed by atoms with Gasteiger partial charge < -0.3 is 19.4 Å². The maximum atomic E-state index is 12.6. The van der Waals surface area contributed by atoms with E-state index in [0.29, 0.717) is 38.7 Å². The van der Waals surface area contributed by atoms with Crippen molar-refractivity contribution in [3.63, 3.8) is 0 Å². The third-order valence-corrected chi connectivity index (χ3v) is 4.86. The molecule has 0 saturated carbocycles. The zero-order chi connectivity index (χ0) is 19.4. The van der Waals surface area contributed by atoms with Gasteiger partial charge in [0.05, 0.1) is 6.54 Å². The Morgan fingerprint density at radius 3 is 2.67 bits per heavy atom. The molecule has 1 aromatic rings. The lowest BCUT2D eigenvalue weighted by Crippen LogP contribution is -2.42. The van der Waals surface area contributed by atoms with Crippen LogP contribution in [0, 0.1) is 0 Å². The van der Waals surface area contributed by atoms with Crippen molar-refractivity contribution in [2.75, 3.05) is 69.8 Å². The number of nitrogens with zero attached hydrogens (tertiary/aromatic N) is 6. The van der Waals surface area contributed by atoms with Gasteiger partial charge in [0.25, 0.3) is 0 Å². The van der Waals surface area contributed by atoms with E-state index in [1.807, 2.05) is 30.0 Å². The summed E-state index contributed by atoms with van der Waals surface area (Å²) >= 11 is 0. The van der Waals surface area contributed by atoms with Crippen LogP contribution in [0.4, 0.5) is 16.6 Å². The van der Waals surface area contributed by atoms with Gasteiger partial charge in [-0.1, -0.05) is 6.92 Å². The fourth-order valence-electron chi connectivity index (χ4n) is 3.24. The van der Waals surface area contributed by atoms with Crippen LogP contribution in [0.15, 0.2) is 6.07 Å². The van der Waals surface area contributed by atoms with Crippen molar-refractivity contribution >= 4 is 23.8 Å². The summed E-state index contributed by atoms with van der Waals surface area (Å²) in [6.07, 6.45) is 1.31. The molecule has 0 N–H and O–H groups in total. The number of aromatic nitrogens is 2. The minimum atomic E-state index is -0.399. The number of hydrogen-bond acceptors (Lipinski definition) is 7. The van der Waals surface area contributed by atoms with Gasteiger partial charge in [-0.2, -0.15) is 4.98 Å². The van der Waals surface area contributed by atoms with Crippen molar-refractivity contribution in [3.05, 3.63) is 11.8 Å². The molecule has 2 aliphatic heterocycles. The monoisotopic (exact) mass is 376 g/mol. The Balaban J connectivity index is 1.65. The minimum Gasteiger partial charge on any atom is -0.448 e. The van der Waals surface area contributed by atoms with Crippen molar-refractivity contribution in [2.45, 2.75) is 19.8 Å². The number of aryl methyl sites for hydroxylation is 1. The van der Waals surface area contributed by atoms with Gasteiger partial charge in [-0.05, 0) is 12.8 Å². The largest absolute Gasteiger partial charge is 0.448 e. The number of hydrogen-bond donors (Lipinski definition) is 0. The Morgan fingerprint density at radius 2 is 2.00 bits per heavy atom. The Kier molecular flexibility index (Phi) is 5.98. The second-order valence-electron chi connectivity index (χ2n) is 7.02. The molecule has 0 aromatic carbocycles. The maximum absolute atomic E-state index is 12.6. The fourth-order valence-corrected chi connectivity index (χ4v) is 3.24. The van der Waals surface area contributed by atoms with Gasteiger partial charge in [0.2, 0.25) is 11.9 Å². The summed E-state index contributed by atoms with van der Waals surface area (Å²) in [6.45, 7) is 5.87. The Morgan fingerprint density at radius 1 is 1.19 bits per heavy atom. The molecule has 148 valence electrons. The van der Waals surface area contributed by atoms with Gasteiger partial charge in [-0.15, -0.1) is 0 Å². The third-order valence-electron chi connectivity index (χ3n) is 4.86. The van der Waals surface area contributed by atoms with E-state index >= 15 is 0 Å². The second kappa shape index (κ2) is 8.41. The van der Waals surface area contributed by atoms with Crippen LogP contribution in [-0.4, -0.2) is 91.7 Å². The zero-order valence-electron chi connectivity index (χ0n) is 16.3. The molecular weight excluding hydrogens is 348 g/mol. The zero-order valence-corrected chi connectivity index (χ0v) is 16.3. The highest BCUT2D eigenvalue weighted by Crippen LogP contribution is 2.19. The van der Waals surface area contributed by atoms with Crippen LogP contribution in [0.5, 0.6) is 0 Å². The second-order valence-corrected chi connectivity index (χ2v) is 7.02. The Labute approximate surface area is 159 Å². The molecule has 27 heavy (non-hydrogen) atoms. The van der Waals surface area contributed by atoms with Crippen molar-refractivity contribution in [3.8, 4) is 0 Å². The normalized spacial score (nSPS) is 17.7. The molecule has 0 unspecified atom stereocenters. The summed E-state index contributed by atoms with van der Waals surface area (Å²) in [6, 6.07) is 2.03. The van der Waals surface area contributed by atoms with Crippen LogP contribution >= 0.6 is 0 Å². The molecule has 2 saturated heterocycles. The van der Waals surface area contributed by atoms with E-state index in [0.717, 1.165) is 30.9 Å². The SMILES string of the molecule is CCc1cc(N2CCCN(C(=O)CN3CCOC3=O)CC2)nc(N(C)C)n1. The first-order chi connectivity index (χ1) is 13.0. The molecule has 1 aromatic heterocycles. The molecule has 0 bridgehead atoms. The molecule has 9 nitrogen and oxygen atoms in total. The third kappa shape index (κ3) is 4.58. The lowest BCUT2D eigenvalue weighted by molar-refractivity contribution is -0.131. The standard InChI is InChI=1S/C18H28N6O3/c1-4-14-12-15(20-17(19-14)21(2)3)22-6-5-7-23(9-8-22)16(25)13-24-10-11-27-18(24)26/h12H,4-11,13H2,1-3H3. The highest BCUT2D eigenvalue weighted by atomic mass is 16.6. The van der Waals surface area contributed by atoms with E-state index in [2.05, 4.69) is 21.8 Å². The van der Waals surface area contributed by atoms with Crippen LogP contribution in [0.2, 0.25) is 0 Å². The summed E-state index contributed by atoms with van der Waals surface area (Å²) in [7, 11) is 3.87. The van der Waals surface area contributed by atoms with E-state index in [4.69, 9.17) is 4.74 Å². The molecule has 2 aliphatic rings. The summed E-state index contributed by atoms with van der Waals surface area (Å²) in [5, 5.41) is 0. The first-order valence-corrected chi connectivity index (χ1v) is 9.47. The van der Waals surface area contributed by atoms with E-state index in [-0.39, 0.29) is 12.5 Å². The lowest BCUT2D eigenvalue weighted by Gasteiger charge is -2.25. The Bertz CT molecular complexity index is 696. The summed E-state index contributed by atoms with van der Waals surface area (Å²) < 4.78 is 4.90. The van der Waals surface area contributed by atoms with Crippen molar-refractivity contribution in [1.29, 1.82) is 0 Å². The smallest absolute Gasteiger partial charge is 0.410 e. The number of amides is 2. The van der Waals surface area contributed by atoms with Gasteiger partial charge >= 0.3 is 6.09 Å². The van der Waals surface area contributed by atoms with Crippen molar-refractivity contribution < 1.29 is 14.3 Å². The fraction of sp³-hybridized carbons (Fsp3) is 0.667. The predicted octanol–water partition coefficient (Wildman–Crippen LogP) is 0.596. The average Bonchev–Trinajstić information content (AvgIpc) is 2.92. The predicted molar refractivity (Wildman–Crippen MR) is 102 cm³/mol. The van der Waals surface area contributed by atoms with Crippen molar-refractivity contribution in [2.24, 2.45) is 0 Å². The molecule has 0 radical (unpaired) electrons. The van der Waals surface area contributed by atoms with Crippen LogP contribution in [0.1, 0.15) is 19.0 Å². The highest BCUT2D eigenvalue weighted by Gasteiger charge is 2.27. The number of carbonyl (C=O) groups excluding carboxylic acids is 2. The van der Waals surface area contributed by atoms with Gasteiger partial charge in [0.1, 0.15) is 19.0 Å². The molecule has 2 fully saturated rings. The van der Waals surface area contributed by atoms with Gasteiger partial charge in [0.15, 0.2) is 0 Å². The van der Waals surface area contributed by atoms with Crippen LogP contribution in [-0.2, 0) is 16.0 Å². The van der Waals surface area contributed by atoms with Gasteiger partial charge in [-0.25, -0.2) is 9.78 Å². The molecule has 9 heteroatoms. The first-order valence-electron chi connectivity index (χ1n) is 9.47. The molecule has 0 aliphatic carbocycles. The first kappa shape index (κ1) is 19.2. The number of carbonyl (C=O) groups is 2. The highest BCUT2D eigenvalue weighted by molar-refractivity contribution is 5.83. The van der Waals surface area contributed by atoms with E-state index in [9.17, 15) is 9.59 Å².